The molecule has 0 amide bonds. The van der Waals surface area contributed by atoms with Gasteiger partial charge in [0.1, 0.15) is 12.1 Å². The first-order valence-electron chi connectivity index (χ1n) is 6.21. The van der Waals surface area contributed by atoms with Crippen molar-refractivity contribution in [2.24, 2.45) is 0 Å². The van der Waals surface area contributed by atoms with E-state index in [-0.39, 0.29) is 12.0 Å². The minimum absolute atomic E-state index is 0.105. The van der Waals surface area contributed by atoms with E-state index in [1.807, 2.05) is 32.0 Å². The molecule has 1 fully saturated rings. The second kappa shape index (κ2) is 4.88. The number of hydrogen-bond donors (Lipinski definition) is 1. The quantitative estimate of drug-likeness (QED) is 0.815. The molecule has 0 saturated carbocycles. The monoisotopic (exact) mass is 233 g/mol. The fourth-order valence-corrected chi connectivity index (χ4v) is 2.34. The summed E-state index contributed by atoms with van der Waals surface area (Å²) >= 11 is 0. The number of morpholine rings is 1. The minimum Gasteiger partial charge on any atom is -0.462 e. The third-order valence-corrected chi connectivity index (χ3v) is 3.63. The van der Waals surface area contributed by atoms with E-state index < -0.39 is 5.54 Å². The highest BCUT2D eigenvalue weighted by Crippen LogP contribution is 2.28. The predicted molar refractivity (Wildman–Crippen MR) is 66.6 cm³/mol. The van der Waals surface area contributed by atoms with Crippen LogP contribution in [0.4, 0.5) is 0 Å². The van der Waals surface area contributed by atoms with Crippen LogP contribution in [0.15, 0.2) is 30.3 Å². The molecule has 0 spiro atoms. The normalized spacial score (nSPS) is 23.2. The summed E-state index contributed by atoms with van der Waals surface area (Å²) in [5.74, 6) is -0.116. The molecule has 1 aromatic rings. The Balaban J connectivity index is 2.21. The number of benzene rings is 1. The number of carbonyl (C=O) groups is 1. The Labute approximate surface area is 102 Å². The van der Waals surface area contributed by atoms with Gasteiger partial charge in [-0.05, 0) is 18.4 Å². The molecule has 0 radical (unpaired) electrons. The van der Waals surface area contributed by atoms with Crippen LogP contribution in [-0.2, 0) is 9.53 Å². The van der Waals surface area contributed by atoms with Gasteiger partial charge in [0.15, 0.2) is 0 Å². The zero-order valence-electron chi connectivity index (χ0n) is 10.4. The molecule has 1 aromatic carbocycles. The van der Waals surface area contributed by atoms with Gasteiger partial charge in [0.25, 0.3) is 0 Å². The zero-order chi connectivity index (χ0) is 12.3. The van der Waals surface area contributed by atoms with E-state index in [1.54, 1.807) is 0 Å². The molecule has 1 aliphatic rings. The first-order chi connectivity index (χ1) is 8.22. The van der Waals surface area contributed by atoms with E-state index in [0.717, 1.165) is 12.8 Å². The molecule has 3 nitrogen and oxygen atoms in total. The third-order valence-electron chi connectivity index (χ3n) is 3.63. The summed E-state index contributed by atoms with van der Waals surface area (Å²) in [4.78, 5) is 11.9. The lowest BCUT2D eigenvalue weighted by molar-refractivity contribution is -0.159. The van der Waals surface area contributed by atoms with Gasteiger partial charge in [-0.1, -0.05) is 44.2 Å². The molecular weight excluding hydrogens is 214 g/mol. The summed E-state index contributed by atoms with van der Waals surface area (Å²) in [6.07, 6.45) is 1.51. The average molecular weight is 233 g/mol. The topological polar surface area (TPSA) is 38.3 Å². The van der Waals surface area contributed by atoms with Gasteiger partial charge in [0.2, 0.25) is 0 Å². The summed E-state index contributed by atoms with van der Waals surface area (Å²) in [7, 11) is 0. The van der Waals surface area contributed by atoms with Crippen LogP contribution in [0.5, 0.6) is 0 Å². The van der Waals surface area contributed by atoms with Gasteiger partial charge in [-0.25, -0.2) is 0 Å². The Morgan fingerprint density at radius 3 is 2.53 bits per heavy atom. The van der Waals surface area contributed by atoms with Crippen LogP contribution in [-0.4, -0.2) is 18.1 Å². The first kappa shape index (κ1) is 12.1. The van der Waals surface area contributed by atoms with E-state index in [4.69, 9.17) is 4.74 Å². The molecule has 1 N–H and O–H groups in total. The summed E-state index contributed by atoms with van der Waals surface area (Å²) in [6.45, 7) is 4.46. The molecular formula is C14H19NO2. The maximum atomic E-state index is 11.9. The van der Waals surface area contributed by atoms with Crippen LogP contribution < -0.4 is 5.32 Å². The fourth-order valence-electron chi connectivity index (χ4n) is 2.34. The number of hydrogen-bond acceptors (Lipinski definition) is 3. The highest BCUT2D eigenvalue weighted by Gasteiger charge is 2.42. The number of cyclic esters (lactones) is 1. The summed E-state index contributed by atoms with van der Waals surface area (Å²) in [6, 6.07) is 10.2. The van der Waals surface area contributed by atoms with Crippen molar-refractivity contribution in [1.29, 1.82) is 0 Å². The highest BCUT2D eigenvalue weighted by molar-refractivity contribution is 5.81. The third kappa shape index (κ3) is 2.20. The van der Waals surface area contributed by atoms with Gasteiger partial charge >= 0.3 is 5.97 Å². The van der Waals surface area contributed by atoms with E-state index in [2.05, 4.69) is 17.4 Å². The van der Waals surface area contributed by atoms with Crippen LogP contribution in [0.1, 0.15) is 38.3 Å². The van der Waals surface area contributed by atoms with Crippen molar-refractivity contribution >= 4 is 5.97 Å². The standard InChI is InChI=1S/C14H19NO2/c1-3-14(4-2)13(16)17-10-12(15-14)11-8-6-5-7-9-11/h5-9,12,15H,3-4,10H2,1-2H3/t12-/m1/s1. The van der Waals surface area contributed by atoms with Crippen molar-refractivity contribution in [1.82, 2.24) is 5.32 Å². The molecule has 1 heterocycles. The first-order valence-corrected chi connectivity index (χ1v) is 6.21. The lowest BCUT2D eigenvalue weighted by atomic mass is 9.89. The van der Waals surface area contributed by atoms with Crippen LogP contribution in [0.25, 0.3) is 0 Å². The maximum Gasteiger partial charge on any atom is 0.326 e. The predicted octanol–water partition coefficient (Wildman–Crippen LogP) is 2.43. The lowest BCUT2D eigenvalue weighted by Crippen LogP contribution is -2.58. The highest BCUT2D eigenvalue weighted by atomic mass is 16.5. The second-order valence-corrected chi connectivity index (χ2v) is 4.50. The molecule has 0 bridgehead atoms. The largest absolute Gasteiger partial charge is 0.462 e. The Morgan fingerprint density at radius 2 is 1.94 bits per heavy atom. The van der Waals surface area contributed by atoms with E-state index >= 15 is 0 Å². The molecule has 92 valence electrons. The van der Waals surface area contributed by atoms with Crippen molar-refractivity contribution < 1.29 is 9.53 Å². The fraction of sp³-hybridized carbons (Fsp3) is 0.500. The second-order valence-electron chi connectivity index (χ2n) is 4.50. The Hall–Kier alpha value is -1.35. The Morgan fingerprint density at radius 1 is 1.29 bits per heavy atom. The Bertz CT molecular complexity index is 384. The van der Waals surface area contributed by atoms with E-state index in [9.17, 15) is 4.79 Å². The van der Waals surface area contributed by atoms with E-state index in [0.29, 0.717) is 6.61 Å². The SMILES string of the molecule is CCC1(CC)N[C@@H](c2ccccc2)COC1=O. The number of esters is 1. The maximum absolute atomic E-state index is 11.9. The number of nitrogens with one attached hydrogen (secondary N) is 1. The van der Waals surface area contributed by atoms with Gasteiger partial charge in [-0.2, -0.15) is 0 Å². The van der Waals surface area contributed by atoms with Crippen molar-refractivity contribution in [2.45, 2.75) is 38.3 Å². The van der Waals surface area contributed by atoms with Gasteiger partial charge in [-0.15, -0.1) is 0 Å². The van der Waals surface area contributed by atoms with Crippen molar-refractivity contribution in [3.05, 3.63) is 35.9 Å². The van der Waals surface area contributed by atoms with E-state index in [1.165, 1.54) is 5.56 Å². The van der Waals surface area contributed by atoms with Gasteiger partial charge in [-0.3, -0.25) is 10.1 Å². The van der Waals surface area contributed by atoms with Crippen LogP contribution in [0.2, 0.25) is 0 Å². The van der Waals surface area contributed by atoms with Crippen LogP contribution in [0.3, 0.4) is 0 Å². The molecule has 1 aliphatic heterocycles. The molecule has 1 saturated heterocycles. The molecule has 0 unspecified atom stereocenters. The molecule has 17 heavy (non-hydrogen) atoms. The smallest absolute Gasteiger partial charge is 0.326 e. The van der Waals surface area contributed by atoms with Crippen molar-refractivity contribution in [3.8, 4) is 0 Å². The Kier molecular flexibility index (Phi) is 3.48. The zero-order valence-corrected chi connectivity index (χ0v) is 10.4. The van der Waals surface area contributed by atoms with Crippen molar-refractivity contribution in [2.75, 3.05) is 6.61 Å². The molecule has 1 atom stereocenters. The minimum atomic E-state index is -0.515. The molecule has 0 aromatic heterocycles. The van der Waals surface area contributed by atoms with Gasteiger partial charge < -0.3 is 4.74 Å². The molecule has 2 rings (SSSR count). The molecule has 3 heteroatoms. The van der Waals surface area contributed by atoms with Crippen LogP contribution >= 0.6 is 0 Å². The number of ether oxygens (including phenoxy) is 1. The summed E-state index contributed by atoms with van der Waals surface area (Å²) in [5.41, 5.74) is 0.657. The van der Waals surface area contributed by atoms with Crippen molar-refractivity contribution in [3.63, 3.8) is 0 Å². The molecule has 0 aliphatic carbocycles. The van der Waals surface area contributed by atoms with Gasteiger partial charge in [0, 0.05) is 0 Å². The average Bonchev–Trinajstić information content (AvgIpc) is 2.41. The van der Waals surface area contributed by atoms with Gasteiger partial charge in [0.05, 0.1) is 6.04 Å². The number of rotatable bonds is 3. The lowest BCUT2D eigenvalue weighted by Gasteiger charge is -2.39. The summed E-state index contributed by atoms with van der Waals surface area (Å²) in [5, 5.41) is 3.46. The number of carbonyl (C=O) groups excluding carboxylic acids is 1. The van der Waals surface area contributed by atoms with Crippen LogP contribution in [0, 0.1) is 0 Å². The summed E-state index contributed by atoms with van der Waals surface area (Å²) < 4.78 is 5.34.